The van der Waals surface area contributed by atoms with Gasteiger partial charge in [0.05, 0.1) is 10.6 Å². The zero-order valence-electron chi connectivity index (χ0n) is 13.5. The second kappa shape index (κ2) is 6.32. The van der Waals surface area contributed by atoms with Crippen molar-refractivity contribution < 1.29 is 9.59 Å². The van der Waals surface area contributed by atoms with Crippen LogP contribution in [0, 0.1) is 6.92 Å². The second-order valence-electron chi connectivity index (χ2n) is 5.27. The highest BCUT2D eigenvalue weighted by molar-refractivity contribution is 7.20. The Morgan fingerprint density at radius 2 is 1.75 bits per heavy atom. The lowest BCUT2D eigenvalue weighted by Gasteiger charge is -2.07. The molecule has 0 fully saturated rings. The van der Waals surface area contributed by atoms with Crippen molar-refractivity contribution in [3.05, 3.63) is 40.9 Å². The van der Waals surface area contributed by atoms with Crippen molar-refractivity contribution in [1.82, 2.24) is 15.1 Å². The predicted molar refractivity (Wildman–Crippen MR) is 95.8 cm³/mol. The first-order valence-electron chi connectivity index (χ1n) is 7.31. The van der Waals surface area contributed by atoms with Gasteiger partial charge in [0.2, 0.25) is 0 Å². The topological polar surface area (TPSA) is 88.1 Å². The van der Waals surface area contributed by atoms with E-state index in [1.165, 1.54) is 11.3 Å². The number of fused-ring (bicyclic) bond motifs is 1. The third kappa shape index (κ3) is 3.09. The third-order valence-corrected chi connectivity index (χ3v) is 4.75. The van der Waals surface area contributed by atoms with Crippen LogP contribution in [0.3, 0.4) is 0 Å². The molecule has 2 aromatic heterocycles. The monoisotopic (exact) mass is 343 g/mol. The number of rotatable bonds is 3. The first kappa shape index (κ1) is 16.0. The summed E-state index contributed by atoms with van der Waals surface area (Å²) in [5.41, 5.74) is 2.22. The fraction of sp³-hybridized carbons (Fsp3) is 0.188. The van der Waals surface area contributed by atoms with E-state index in [1.54, 1.807) is 36.0 Å². The minimum absolute atomic E-state index is 0.164. The molecule has 1 aromatic carbocycles. The van der Waals surface area contributed by atoms with Gasteiger partial charge in [-0.1, -0.05) is 0 Å². The van der Waals surface area contributed by atoms with Crippen LogP contribution in [0.25, 0.3) is 10.2 Å². The number of hydrogen-bond acceptors (Lipinski definition) is 4. The number of nitrogens with one attached hydrogen (secondary N) is 3. The summed E-state index contributed by atoms with van der Waals surface area (Å²) in [7, 11) is 3.41. The van der Waals surface area contributed by atoms with Gasteiger partial charge in [0, 0.05) is 30.9 Å². The molecule has 0 bridgehead atoms. The molecule has 3 N–H and O–H groups in total. The summed E-state index contributed by atoms with van der Waals surface area (Å²) in [5, 5.41) is 13.3. The zero-order chi connectivity index (χ0) is 17.3. The number of hydrogen-bond donors (Lipinski definition) is 3. The van der Waals surface area contributed by atoms with E-state index in [4.69, 9.17) is 0 Å². The van der Waals surface area contributed by atoms with Gasteiger partial charge in [0.1, 0.15) is 4.83 Å². The molecular weight excluding hydrogens is 326 g/mol. The summed E-state index contributed by atoms with van der Waals surface area (Å²) in [5.74, 6) is -0.164. The van der Waals surface area contributed by atoms with E-state index in [-0.39, 0.29) is 11.9 Å². The van der Waals surface area contributed by atoms with Gasteiger partial charge < -0.3 is 16.0 Å². The molecule has 3 aromatic rings. The van der Waals surface area contributed by atoms with E-state index in [2.05, 4.69) is 21.0 Å². The smallest absolute Gasteiger partial charge is 0.318 e. The van der Waals surface area contributed by atoms with Crippen molar-refractivity contribution in [3.63, 3.8) is 0 Å². The summed E-state index contributed by atoms with van der Waals surface area (Å²) in [6, 6.07) is 8.50. The van der Waals surface area contributed by atoms with Crippen molar-refractivity contribution in [2.75, 3.05) is 17.7 Å². The van der Waals surface area contributed by atoms with Gasteiger partial charge in [-0.05, 0) is 37.3 Å². The molecule has 7 nitrogen and oxygen atoms in total. The Labute approximate surface area is 142 Å². The Hall–Kier alpha value is -2.87. The molecular formula is C16H17N5O2S. The molecule has 0 aliphatic rings. The first-order valence-corrected chi connectivity index (χ1v) is 8.13. The fourth-order valence-corrected chi connectivity index (χ4v) is 3.36. The van der Waals surface area contributed by atoms with E-state index in [0.29, 0.717) is 16.3 Å². The number of anilines is 2. The maximum absolute atomic E-state index is 12.4. The zero-order valence-corrected chi connectivity index (χ0v) is 14.3. The van der Waals surface area contributed by atoms with Crippen LogP contribution in [0.15, 0.2) is 30.3 Å². The number of aromatic nitrogens is 2. The van der Waals surface area contributed by atoms with E-state index in [9.17, 15) is 9.59 Å². The minimum Gasteiger partial charge on any atom is -0.341 e. The number of carbonyl (C=O) groups excluding carboxylic acids is 2. The number of benzene rings is 1. The SMILES string of the molecule is CNC(=O)Nc1ccc(NC(=O)c2cc3c(C)nn(C)c3s2)cc1. The highest BCUT2D eigenvalue weighted by Crippen LogP contribution is 2.28. The van der Waals surface area contributed by atoms with Crippen LogP contribution in [0.1, 0.15) is 15.4 Å². The Morgan fingerprint density at radius 3 is 2.33 bits per heavy atom. The maximum Gasteiger partial charge on any atom is 0.318 e. The van der Waals surface area contributed by atoms with E-state index in [1.807, 2.05) is 20.0 Å². The molecule has 8 heteroatoms. The average molecular weight is 343 g/mol. The second-order valence-corrected chi connectivity index (χ2v) is 6.30. The molecule has 0 aliphatic carbocycles. The van der Waals surface area contributed by atoms with Gasteiger partial charge in [-0.2, -0.15) is 5.10 Å². The molecule has 2 heterocycles. The average Bonchev–Trinajstić information content (AvgIpc) is 3.11. The van der Waals surface area contributed by atoms with Gasteiger partial charge in [-0.3, -0.25) is 9.48 Å². The van der Waals surface area contributed by atoms with Crippen LogP contribution in [0.5, 0.6) is 0 Å². The van der Waals surface area contributed by atoms with Gasteiger partial charge in [-0.15, -0.1) is 11.3 Å². The van der Waals surface area contributed by atoms with E-state index < -0.39 is 0 Å². The lowest BCUT2D eigenvalue weighted by atomic mass is 10.2. The highest BCUT2D eigenvalue weighted by Gasteiger charge is 2.15. The Kier molecular flexibility index (Phi) is 4.22. The predicted octanol–water partition coefficient (Wildman–Crippen LogP) is 2.95. The van der Waals surface area contributed by atoms with Gasteiger partial charge in [0.15, 0.2) is 0 Å². The molecule has 0 radical (unpaired) electrons. The standard InChI is InChI=1S/C16H17N5O2S/c1-9-12-8-13(24-15(12)21(3)20-9)14(22)18-10-4-6-11(7-5-10)19-16(23)17-2/h4-8H,1-3H3,(H,18,22)(H2,17,19,23). The number of thiophene rings is 1. The Balaban J connectivity index is 1.73. The molecule has 0 spiro atoms. The number of aryl methyl sites for hydroxylation is 2. The van der Waals surface area contributed by atoms with Crippen molar-refractivity contribution in [2.24, 2.45) is 7.05 Å². The van der Waals surface area contributed by atoms with Crippen LogP contribution in [-0.2, 0) is 7.05 Å². The normalized spacial score (nSPS) is 10.6. The van der Waals surface area contributed by atoms with Gasteiger partial charge >= 0.3 is 6.03 Å². The Morgan fingerprint density at radius 1 is 1.12 bits per heavy atom. The number of amides is 3. The summed E-state index contributed by atoms with van der Waals surface area (Å²) < 4.78 is 1.78. The lowest BCUT2D eigenvalue weighted by molar-refractivity contribution is 0.103. The van der Waals surface area contributed by atoms with Crippen LogP contribution in [0.2, 0.25) is 0 Å². The molecule has 3 rings (SSSR count). The number of carbonyl (C=O) groups is 2. The molecule has 124 valence electrons. The number of urea groups is 1. The molecule has 0 saturated heterocycles. The van der Waals surface area contributed by atoms with E-state index in [0.717, 1.165) is 15.9 Å². The first-order chi connectivity index (χ1) is 11.5. The molecule has 0 aliphatic heterocycles. The van der Waals surface area contributed by atoms with Crippen LogP contribution < -0.4 is 16.0 Å². The summed E-state index contributed by atoms with van der Waals surface area (Å²) in [6.45, 7) is 1.93. The van der Waals surface area contributed by atoms with Crippen LogP contribution in [0.4, 0.5) is 16.2 Å². The summed E-state index contributed by atoms with van der Waals surface area (Å²) >= 11 is 1.41. The van der Waals surface area contributed by atoms with Crippen molar-refractivity contribution in [1.29, 1.82) is 0 Å². The summed E-state index contributed by atoms with van der Waals surface area (Å²) in [4.78, 5) is 25.3. The lowest BCUT2D eigenvalue weighted by Crippen LogP contribution is -2.24. The van der Waals surface area contributed by atoms with Gasteiger partial charge in [-0.25, -0.2) is 4.79 Å². The maximum atomic E-state index is 12.4. The fourth-order valence-electron chi connectivity index (χ4n) is 2.34. The van der Waals surface area contributed by atoms with Crippen LogP contribution >= 0.6 is 11.3 Å². The van der Waals surface area contributed by atoms with Crippen LogP contribution in [-0.4, -0.2) is 28.8 Å². The largest absolute Gasteiger partial charge is 0.341 e. The number of nitrogens with zero attached hydrogens (tertiary/aromatic N) is 2. The van der Waals surface area contributed by atoms with Gasteiger partial charge in [0.25, 0.3) is 5.91 Å². The highest BCUT2D eigenvalue weighted by atomic mass is 32.1. The molecule has 0 saturated carbocycles. The van der Waals surface area contributed by atoms with Crippen molar-refractivity contribution in [2.45, 2.75) is 6.92 Å². The molecule has 0 unspecified atom stereocenters. The quantitative estimate of drug-likeness (QED) is 0.683. The van der Waals surface area contributed by atoms with E-state index >= 15 is 0 Å². The molecule has 24 heavy (non-hydrogen) atoms. The minimum atomic E-state index is -0.291. The molecule has 3 amide bonds. The third-order valence-electron chi connectivity index (χ3n) is 3.55. The van der Waals surface area contributed by atoms with Crippen molar-refractivity contribution >= 4 is 44.9 Å². The van der Waals surface area contributed by atoms with Crippen molar-refractivity contribution in [3.8, 4) is 0 Å². The summed E-state index contributed by atoms with van der Waals surface area (Å²) in [6.07, 6.45) is 0. The molecule has 0 atom stereocenters. The Bertz CT molecular complexity index is 876.